The zero-order chi connectivity index (χ0) is 20.1. The molecular weight excluding hydrogens is 381 g/mol. The highest BCUT2D eigenvalue weighted by atomic mass is 32.2. The molecule has 1 atom stereocenters. The lowest BCUT2D eigenvalue weighted by Crippen LogP contribution is -2.43. The second-order valence-corrected chi connectivity index (χ2v) is 8.62. The Morgan fingerprint density at radius 2 is 1.86 bits per heavy atom. The number of carbonyl (C=O) groups is 1. The molecule has 1 heterocycles. The quantitative estimate of drug-likeness (QED) is 0.834. The molecule has 0 aromatic heterocycles. The van der Waals surface area contributed by atoms with Gasteiger partial charge in [0, 0.05) is 18.8 Å². The number of piperidine rings is 1. The van der Waals surface area contributed by atoms with Gasteiger partial charge in [-0.1, -0.05) is 12.1 Å². The molecule has 2 aromatic carbocycles. The van der Waals surface area contributed by atoms with Gasteiger partial charge in [0.2, 0.25) is 15.9 Å². The van der Waals surface area contributed by atoms with Gasteiger partial charge in [0.1, 0.15) is 5.82 Å². The molecule has 1 N–H and O–H groups in total. The number of hydrogen-bond donors (Lipinski definition) is 1. The minimum atomic E-state index is -3.77. The van der Waals surface area contributed by atoms with E-state index in [9.17, 15) is 17.6 Å². The lowest BCUT2D eigenvalue weighted by atomic mass is 9.98. The van der Waals surface area contributed by atoms with Gasteiger partial charge in [-0.3, -0.25) is 4.79 Å². The summed E-state index contributed by atoms with van der Waals surface area (Å²) in [6.45, 7) is 0.407. The van der Waals surface area contributed by atoms with Gasteiger partial charge >= 0.3 is 0 Å². The molecule has 28 heavy (non-hydrogen) atoms. The van der Waals surface area contributed by atoms with Crippen LogP contribution < -0.4 is 5.32 Å². The van der Waals surface area contributed by atoms with Crippen molar-refractivity contribution in [2.45, 2.75) is 24.2 Å². The number of nitriles is 1. The predicted molar refractivity (Wildman–Crippen MR) is 102 cm³/mol. The van der Waals surface area contributed by atoms with Crippen LogP contribution in [0.1, 0.15) is 18.4 Å². The van der Waals surface area contributed by atoms with Crippen LogP contribution in [0.3, 0.4) is 0 Å². The van der Waals surface area contributed by atoms with E-state index in [1.807, 2.05) is 0 Å². The van der Waals surface area contributed by atoms with Gasteiger partial charge in [-0.25, -0.2) is 12.8 Å². The Labute approximate surface area is 163 Å². The number of benzene rings is 2. The first-order valence-electron chi connectivity index (χ1n) is 8.92. The lowest BCUT2D eigenvalue weighted by Gasteiger charge is -2.31. The monoisotopic (exact) mass is 401 g/mol. The number of hydrogen-bond acceptors (Lipinski definition) is 4. The van der Waals surface area contributed by atoms with Gasteiger partial charge < -0.3 is 5.32 Å². The van der Waals surface area contributed by atoms with E-state index in [2.05, 4.69) is 11.4 Å². The van der Waals surface area contributed by atoms with Crippen molar-refractivity contribution in [3.8, 4) is 6.07 Å². The molecule has 1 amide bonds. The molecule has 1 aliphatic rings. The summed E-state index contributed by atoms with van der Waals surface area (Å²) in [6.07, 6.45) is 1.46. The average Bonchev–Trinajstić information content (AvgIpc) is 2.70. The fraction of sp³-hybridized carbons (Fsp3) is 0.300. The van der Waals surface area contributed by atoms with Gasteiger partial charge in [0.05, 0.1) is 23.3 Å². The Bertz CT molecular complexity index is 983. The molecule has 3 rings (SSSR count). The zero-order valence-electron chi connectivity index (χ0n) is 15.1. The third kappa shape index (κ3) is 4.55. The van der Waals surface area contributed by atoms with Crippen molar-refractivity contribution >= 4 is 21.6 Å². The van der Waals surface area contributed by atoms with Crippen molar-refractivity contribution < 1.29 is 17.6 Å². The molecule has 146 valence electrons. The van der Waals surface area contributed by atoms with Crippen molar-refractivity contribution in [3.63, 3.8) is 0 Å². The van der Waals surface area contributed by atoms with Crippen molar-refractivity contribution in [1.82, 2.24) is 4.31 Å². The molecule has 1 aliphatic heterocycles. The van der Waals surface area contributed by atoms with E-state index in [1.165, 1.54) is 16.4 Å². The third-order valence-corrected chi connectivity index (χ3v) is 6.59. The summed E-state index contributed by atoms with van der Waals surface area (Å²) in [4.78, 5) is 12.6. The summed E-state index contributed by atoms with van der Waals surface area (Å²) < 4.78 is 39.9. The lowest BCUT2D eigenvalue weighted by molar-refractivity contribution is -0.120. The van der Waals surface area contributed by atoms with Crippen LogP contribution in [0.25, 0.3) is 0 Å². The highest BCUT2D eigenvalue weighted by molar-refractivity contribution is 7.89. The summed E-state index contributed by atoms with van der Waals surface area (Å²) >= 11 is 0. The van der Waals surface area contributed by atoms with Crippen LogP contribution in [0.5, 0.6) is 0 Å². The number of rotatable bonds is 5. The van der Waals surface area contributed by atoms with Crippen LogP contribution >= 0.6 is 0 Å². The molecule has 0 spiro atoms. The molecular formula is C20H20FN3O3S. The summed E-state index contributed by atoms with van der Waals surface area (Å²) in [6, 6.07) is 13.7. The first-order chi connectivity index (χ1) is 13.4. The number of halogens is 1. The maximum Gasteiger partial charge on any atom is 0.243 e. The van der Waals surface area contributed by atoms with Gasteiger partial charge in [-0.05, 0) is 54.8 Å². The number of anilines is 1. The Hall–Kier alpha value is -2.76. The second-order valence-electron chi connectivity index (χ2n) is 6.68. The number of amides is 1. The van der Waals surface area contributed by atoms with Crippen LogP contribution in [0.15, 0.2) is 53.4 Å². The second kappa shape index (κ2) is 8.50. The largest absolute Gasteiger partial charge is 0.326 e. The van der Waals surface area contributed by atoms with E-state index < -0.39 is 21.8 Å². The number of sulfonamides is 1. The molecule has 1 fully saturated rings. The zero-order valence-corrected chi connectivity index (χ0v) is 16.0. The van der Waals surface area contributed by atoms with Gasteiger partial charge in [-0.2, -0.15) is 9.57 Å². The van der Waals surface area contributed by atoms with E-state index in [0.717, 1.165) is 17.7 Å². The Kier molecular flexibility index (Phi) is 6.07. The van der Waals surface area contributed by atoms with Crippen LogP contribution in [0, 0.1) is 23.1 Å². The Morgan fingerprint density at radius 1 is 1.18 bits per heavy atom. The molecule has 1 saturated heterocycles. The SMILES string of the molecule is N#CCc1ccc(NC(=O)[C@@H]2CCCN(S(=O)(=O)c3ccc(F)cc3)C2)cc1. The molecule has 6 nitrogen and oxygen atoms in total. The summed E-state index contributed by atoms with van der Waals surface area (Å²) in [7, 11) is -3.77. The fourth-order valence-corrected chi connectivity index (χ4v) is 4.70. The first kappa shape index (κ1) is 20.0. The van der Waals surface area contributed by atoms with Gasteiger partial charge in [-0.15, -0.1) is 0 Å². The molecule has 0 unspecified atom stereocenters. The Balaban J connectivity index is 1.67. The topological polar surface area (TPSA) is 90.3 Å². The molecule has 0 aliphatic carbocycles. The fourth-order valence-electron chi connectivity index (χ4n) is 3.17. The number of nitrogens with one attached hydrogen (secondary N) is 1. The van der Waals surface area contributed by atoms with Crippen molar-refractivity contribution in [1.29, 1.82) is 5.26 Å². The first-order valence-corrected chi connectivity index (χ1v) is 10.4. The smallest absolute Gasteiger partial charge is 0.243 e. The average molecular weight is 401 g/mol. The highest BCUT2D eigenvalue weighted by Crippen LogP contribution is 2.25. The molecule has 8 heteroatoms. The van der Waals surface area contributed by atoms with Crippen molar-refractivity contribution in [2.75, 3.05) is 18.4 Å². The van der Waals surface area contributed by atoms with Gasteiger partial charge in [0.25, 0.3) is 0 Å². The summed E-state index contributed by atoms with van der Waals surface area (Å²) in [5.41, 5.74) is 1.46. The molecule has 2 aromatic rings. The minimum Gasteiger partial charge on any atom is -0.326 e. The van der Waals surface area contributed by atoms with Gasteiger partial charge in [0.15, 0.2) is 0 Å². The minimum absolute atomic E-state index is 0.0167. The van der Waals surface area contributed by atoms with E-state index in [0.29, 0.717) is 31.5 Å². The maximum absolute atomic E-state index is 13.1. The number of carbonyl (C=O) groups excluding carboxylic acids is 1. The van der Waals surface area contributed by atoms with E-state index >= 15 is 0 Å². The summed E-state index contributed by atoms with van der Waals surface area (Å²) in [5.74, 6) is -1.22. The van der Waals surface area contributed by atoms with Crippen LogP contribution in [0.4, 0.5) is 10.1 Å². The predicted octanol–water partition coefficient (Wildman–Crippen LogP) is 2.93. The maximum atomic E-state index is 13.1. The normalized spacial score (nSPS) is 17.6. The van der Waals surface area contributed by atoms with Crippen LogP contribution in [0.2, 0.25) is 0 Å². The highest BCUT2D eigenvalue weighted by Gasteiger charge is 2.33. The van der Waals surface area contributed by atoms with E-state index in [1.54, 1.807) is 24.3 Å². The number of nitrogens with zero attached hydrogens (tertiary/aromatic N) is 2. The van der Waals surface area contributed by atoms with Crippen LogP contribution in [-0.4, -0.2) is 31.7 Å². The van der Waals surface area contributed by atoms with Crippen LogP contribution in [-0.2, 0) is 21.2 Å². The van der Waals surface area contributed by atoms with E-state index in [4.69, 9.17) is 5.26 Å². The standard InChI is InChI=1S/C20H20FN3O3S/c21-17-5-9-19(10-6-17)28(26,27)24-13-1-2-16(14-24)20(25)23-18-7-3-15(4-8-18)11-12-22/h3-10,16H,1-2,11,13-14H2,(H,23,25)/t16-/m1/s1. The third-order valence-electron chi connectivity index (χ3n) is 4.71. The molecule has 0 radical (unpaired) electrons. The molecule has 0 bridgehead atoms. The van der Waals surface area contributed by atoms with Crippen molar-refractivity contribution in [2.24, 2.45) is 5.92 Å². The van der Waals surface area contributed by atoms with E-state index in [-0.39, 0.29) is 17.3 Å². The molecule has 0 saturated carbocycles. The summed E-state index contributed by atoms with van der Waals surface area (Å²) in [5, 5.41) is 11.5. The Morgan fingerprint density at radius 3 is 2.50 bits per heavy atom. The van der Waals surface area contributed by atoms with Crippen molar-refractivity contribution in [3.05, 3.63) is 59.9 Å².